The molecule has 0 radical (unpaired) electrons. The van der Waals surface area contributed by atoms with Crippen molar-refractivity contribution in [2.75, 3.05) is 0 Å². The van der Waals surface area contributed by atoms with E-state index in [0.29, 0.717) is 30.4 Å². The zero-order valence-electron chi connectivity index (χ0n) is 14.3. The highest BCUT2D eigenvalue weighted by molar-refractivity contribution is 6.14. The van der Waals surface area contributed by atoms with Gasteiger partial charge < -0.3 is 9.84 Å². The number of aliphatic hydroxyl groups is 1. The van der Waals surface area contributed by atoms with E-state index in [0.717, 1.165) is 0 Å². The molecule has 4 aliphatic rings. The molecule has 1 N–H and O–H groups in total. The average Bonchev–Trinajstić information content (AvgIpc) is 2.81. The van der Waals surface area contributed by atoms with Gasteiger partial charge in [-0.2, -0.15) is 0 Å². The fraction of sp³-hybridized carbons (Fsp3) is 0.500. The fourth-order valence-electron chi connectivity index (χ4n) is 4.90. The SMILES string of the molecule is C=CC1(C)C=C2C(=O)C3=C4C(C)(CC=CC4(C)C2(O)CC1)C(=O)O3. The van der Waals surface area contributed by atoms with E-state index in [9.17, 15) is 14.7 Å². The van der Waals surface area contributed by atoms with Gasteiger partial charge >= 0.3 is 5.97 Å². The van der Waals surface area contributed by atoms with Crippen LogP contribution in [0.3, 0.4) is 0 Å². The van der Waals surface area contributed by atoms with Crippen LogP contribution in [0.5, 0.6) is 0 Å². The minimum absolute atomic E-state index is 0.124. The van der Waals surface area contributed by atoms with Crippen molar-refractivity contribution in [3.05, 3.63) is 47.8 Å². The first-order valence-electron chi connectivity index (χ1n) is 8.41. The van der Waals surface area contributed by atoms with Gasteiger partial charge in [0.1, 0.15) is 5.60 Å². The first kappa shape index (κ1) is 15.6. The first-order chi connectivity index (χ1) is 11.1. The molecule has 0 aromatic carbocycles. The standard InChI is InChI=1S/C20H22O4/c1-5-17(2)9-10-20(23)12(11-17)13(21)14-15-18(3,16(22)24-14)7-6-8-19(15,20)4/h5-6,8,11,23H,1,7,9-10H2,2-4H3. The maximum Gasteiger partial charge on any atom is 0.321 e. The number of hydrogen-bond acceptors (Lipinski definition) is 4. The van der Waals surface area contributed by atoms with Crippen LogP contribution in [0.25, 0.3) is 0 Å². The molecule has 4 heteroatoms. The van der Waals surface area contributed by atoms with Crippen LogP contribution in [0.2, 0.25) is 0 Å². The summed E-state index contributed by atoms with van der Waals surface area (Å²) in [6, 6.07) is 0. The lowest BCUT2D eigenvalue weighted by atomic mass is 9.49. The van der Waals surface area contributed by atoms with Crippen molar-refractivity contribution in [3.63, 3.8) is 0 Å². The molecule has 0 saturated carbocycles. The summed E-state index contributed by atoms with van der Waals surface area (Å²) in [5.41, 5.74) is -2.37. The predicted molar refractivity (Wildman–Crippen MR) is 88.7 cm³/mol. The average molecular weight is 326 g/mol. The van der Waals surface area contributed by atoms with E-state index in [1.807, 2.05) is 32.1 Å². The number of Topliss-reactive ketones (excluding diaryl/α,β-unsaturated/α-hetero) is 1. The normalized spacial score (nSPS) is 46.2. The van der Waals surface area contributed by atoms with Gasteiger partial charge in [-0.1, -0.05) is 31.2 Å². The molecule has 0 fully saturated rings. The summed E-state index contributed by atoms with van der Waals surface area (Å²) in [7, 11) is 0. The van der Waals surface area contributed by atoms with Crippen LogP contribution in [-0.4, -0.2) is 22.5 Å². The highest BCUT2D eigenvalue weighted by atomic mass is 16.5. The van der Waals surface area contributed by atoms with E-state index in [1.165, 1.54) is 0 Å². The third-order valence-corrected chi connectivity index (χ3v) is 6.64. The Morgan fingerprint density at radius 3 is 2.62 bits per heavy atom. The molecular weight excluding hydrogens is 304 g/mol. The van der Waals surface area contributed by atoms with Crippen LogP contribution in [0.4, 0.5) is 0 Å². The van der Waals surface area contributed by atoms with Crippen LogP contribution in [0.1, 0.15) is 40.0 Å². The van der Waals surface area contributed by atoms with Gasteiger partial charge in [0.05, 0.1) is 5.41 Å². The molecule has 4 unspecified atom stereocenters. The molecule has 24 heavy (non-hydrogen) atoms. The summed E-state index contributed by atoms with van der Waals surface area (Å²) >= 11 is 0. The molecule has 4 nitrogen and oxygen atoms in total. The van der Waals surface area contributed by atoms with Crippen LogP contribution >= 0.6 is 0 Å². The van der Waals surface area contributed by atoms with Gasteiger partial charge in [0.25, 0.3) is 0 Å². The van der Waals surface area contributed by atoms with E-state index in [1.54, 1.807) is 13.0 Å². The topological polar surface area (TPSA) is 63.6 Å². The largest absolute Gasteiger partial charge is 0.422 e. The fourth-order valence-corrected chi connectivity index (χ4v) is 4.90. The second-order valence-corrected chi connectivity index (χ2v) is 8.19. The number of carbonyl (C=O) groups excluding carboxylic acids is 2. The number of fused-ring (bicyclic) bond motifs is 2. The zero-order valence-corrected chi connectivity index (χ0v) is 14.3. The van der Waals surface area contributed by atoms with E-state index in [2.05, 4.69) is 6.58 Å². The van der Waals surface area contributed by atoms with Gasteiger partial charge in [-0.05, 0) is 33.1 Å². The summed E-state index contributed by atoms with van der Waals surface area (Å²) < 4.78 is 5.43. The second kappa shape index (κ2) is 4.17. The monoisotopic (exact) mass is 326 g/mol. The van der Waals surface area contributed by atoms with Crippen LogP contribution < -0.4 is 0 Å². The van der Waals surface area contributed by atoms with Crippen molar-refractivity contribution in [2.45, 2.75) is 45.6 Å². The van der Waals surface area contributed by atoms with Gasteiger partial charge in [0.2, 0.25) is 5.78 Å². The molecular formula is C20H22O4. The van der Waals surface area contributed by atoms with Gasteiger partial charge in [-0.25, -0.2) is 0 Å². The maximum atomic E-state index is 13.1. The lowest BCUT2D eigenvalue weighted by Crippen LogP contribution is -2.58. The van der Waals surface area contributed by atoms with Crippen LogP contribution in [0, 0.1) is 16.2 Å². The Morgan fingerprint density at radius 1 is 1.25 bits per heavy atom. The quantitative estimate of drug-likeness (QED) is 0.594. The molecule has 126 valence electrons. The first-order valence-corrected chi connectivity index (χ1v) is 8.41. The summed E-state index contributed by atoms with van der Waals surface area (Å²) in [6.07, 6.45) is 9.13. The molecule has 4 atom stereocenters. The van der Waals surface area contributed by atoms with Gasteiger partial charge in [0, 0.05) is 22.0 Å². The molecule has 4 rings (SSSR count). The highest BCUT2D eigenvalue weighted by Crippen LogP contribution is 2.64. The Morgan fingerprint density at radius 2 is 1.96 bits per heavy atom. The minimum Gasteiger partial charge on any atom is -0.422 e. The third kappa shape index (κ3) is 1.48. The lowest BCUT2D eigenvalue weighted by molar-refractivity contribution is -0.146. The molecule has 1 aliphatic heterocycles. The smallest absolute Gasteiger partial charge is 0.321 e. The Hall–Kier alpha value is -1.94. The van der Waals surface area contributed by atoms with Crippen LogP contribution in [0.15, 0.2) is 47.8 Å². The van der Waals surface area contributed by atoms with Crippen molar-refractivity contribution in [3.8, 4) is 0 Å². The Kier molecular flexibility index (Phi) is 2.71. The summed E-state index contributed by atoms with van der Waals surface area (Å²) in [5, 5.41) is 11.6. The number of rotatable bonds is 1. The number of hydrogen-bond donors (Lipinski definition) is 1. The Balaban J connectivity index is 2.04. The lowest BCUT2D eigenvalue weighted by Gasteiger charge is -2.54. The van der Waals surface area contributed by atoms with Crippen molar-refractivity contribution >= 4 is 11.8 Å². The second-order valence-electron chi connectivity index (χ2n) is 8.19. The molecule has 0 aromatic heterocycles. The third-order valence-electron chi connectivity index (χ3n) is 6.64. The highest BCUT2D eigenvalue weighted by Gasteiger charge is 2.67. The molecule has 0 saturated heterocycles. The molecule has 0 bridgehead atoms. The number of ketones is 1. The summed E-state index contributed by atoms with van der Waals surface area (Å²) in [4.78, 5) is 25.6. The minimum atomic E-state index is -1.32. The molecule has 0 aromatic rings. The van der Waals surface area contributed by atoms with Crippen molar-refractivity contribution in [1.29, 1.82) is 0 Å². The molecule has 3 aliphatic carbocycles. The van der Waals surface area contributed by atoms with Crippen molar-refractivity contribution in [1.82, 2.24) is 0 Å². The van der Waals surface area contributed by atoms with Gasteiger partial charge in [-0.15, -0.1) is 6.58 Å². The molecule has 0 spiro atoms. The maximum absolute atomic E-state index is 13.1. The van der Waals surface area contributed by atoms with Crippen molar-refractivity contribution in [2.24, 2.45) is 16.2 Å². The van der Waals surface area contributed by atoms with E-state index in [4.69, 9.17) is 4.74 Å². The summed E-state index contributed by atoms with van der Waals surface area (Å²) in [6.45, 7) is 9.57. The molecule has 0 amide bonds. The van der Waals surface area contributed by atoms with Crippen molar-refractivity contribution < 1.29 is 19.4 Å². The van der Waals surface area contributed by atoms with E-state index in [-0.39, 0.29) is 17.0 Å². The summed E-state index contributed by atoms with van der Waals surface area (Å²) in [5.74, 6) is -0.630. The molecule has 1 heterocycles. The number of esters is 1. The Labute approximate surface area is 141 Å². The van der Waals surface area contributed by atoms with Gasteiger partial charge in [-0.3, -0.25) is 9.59 Å². The number of ether oxygens (including phenoxy) is 1. The van der Waals surface area contributed by atoms with Gasteiger partial charge in [0.15, 0.2) is 5.76 Å². The zero-order chi connectivity index (χ0) is 17.5. The number of allylic oxidation sites excluding steroid dienone is 4. The predicted octanol–water partition coefficient (Wildman–Crippen LogP) is 3.00. The van der Waals surface area contributed by atoms with Crippen LogP contribution in [-0.2, 0) is 14.3 Å². The van der Waals surface area contributed by atoms with E-state index < -0.39 is 22.4 Å². The van der Waals surface area contributed by atoms with E-state index >= 15 is 0 Å². The number of carbonyl (C=O) groups is 2. The Bertz CT molecular complexity index is 800.